The van der Waals surface area contributed by atoms with Gasteiger partial charge in [-0.1, -0.05) is 12.1 Å². The van der Waals surface area contributed by atoms with Crippen LogP contribution in [0.5, 0.6) is 5.75 Å². The fourth-order valence-electron chi connectivity index (χ4n) is 2.05. The lowest BCUT2D eigenvalue weighted by atomic mass is 10.1. The number of amides is 1. The molecule has 0 unspecified atom stereocenters. The molecule has 0 aliphatic rings. The number of esters is 1. The molecule has 140 valence electrons. The third-order valence-electron chi connectivity index (χ3n) is 3.21. The third-order valence-corrected chi connectivity index (χ3v) is 3.21. The van der Waals surface area contributed by atoms with Crippen molar-refractivity contribution < 1.29 is 23.8 Å². The van der Waals surface area contributed by atoms with Crippen LogP contribution in [0.15, 0.2) is 18.2 Å². The van der Waals surface area contributed by atoms with E-state index in [1.807, 2.05) is 39.8 Å². The highest BCUT2D eigenvalue weighted by atomic mass is 16.6. The predicted octanol–water partition coefficient (Wildman–Crippen LogP) is 3.74. The minimum absolute atomic E-state index is 0.305. The van der Waals surface area contributed by atoms with E-state index in [4.69, 9.17) is 14.2 Å². The number of nitrogens with one attached hydrogen (secondary N) is 1. The highest BCUT2D eigenvalue weighted by Gasteiger charge is 2.32. The predicted molar refractivity (Wildman–Crippen MR) is 95.6 cm³/mol. The molecule has 0 spiro atoms. The summed E-state index contributed by atoms with van der Waals surface area (Å²) in [6.07, 6.45) is -0.464. The molecule has 0 aliphatic heterocycles. The highest BCUT2D eigenvalue weighted by Crippen LogP contribution is 2.25. The average Bonchev–Trinajstić information content (AvgIpc) is 2.46. The molecule has 0 saturated heterocycles. The first-order valence-corrected chi connectivity index (χ1v) is 8.37. The number of carbonyl (C=O) groups is 2. The number of ether oxygens (including phenoxy) is 3. The van der Waals surface area contributed by atoms with Crippen LogP contribution >= 0.6 is 0 Å². The Kier molecular flexibility index (Phi) is 6.85. The molecule has 0 heterocycles. The Morgan fingerprint density at radius 1 is 1.12 bits per heavy atom. The molecule has 1 aromatic carbocycles. The maximum absolute atomic E-state index is 11.9. The summed E-state index contributed by atoms with van der Waals surface area (Å²) in [5.41, 5.74) is 0.165. The van der Waals surface area contributed by atoms with Crippen LogP contribution in [0.1, 0.15) is 52.7 Å². The number of hydrogen-bond acceptors (Lipinski definition) is 5. The second kappa shape index (κ2) is 8.23. The lowest BCUT2D eigenvalue weighted by Crippen LogP contribution is -2.39. The number of rotatable bonds is 6. The van der Waals surface area contributed by atoms with E-state index in [1.165, 1.54) is 0 Å². The summed E-state index contributed by atoms with van der Waals surface area (Å²) in [4.78, 5) is 23.6. The van der Waals surface area contributed by atoms with Crippen LogP contribution in [-0.4, -0.2) is 29.9 Å². The molecule has 25 heavy (non-hydrogen) atoms. The molecule has 0 aliphatic carbocycles. The van der Waals surface area contributed by atoms with Gasteiger partial charge in [-0.3, -0.25) is 0 Å². The molecule has 1 amide bonds. The Labute approximate surface area is 149 Å². The second-order valence-electron chi connectivity index (χ2n) is 7.29. The van der Waals surface area contributed by atoms with Crippen molar-refractivity contribution in [2.45, 2.75) is 66.2 Å². The van der Waals surface area contributed by atoms with Crippen molar-refractivity contribution in [2.75, 3.05) is 6.61 Å². The zero-order chi connectivity index (χ0) is 19.3. The number of carbonyl (C=O) groups excluding carboxylic acids is 2. The largest absolute Gasteiger partial charge is 0.476 e. The zero-order valence-electron chi connectivity index (χ0n) is 16.2. The lowest BCUT2D eigenvalue weighted by molar-refractivity contribution is -0.158. The van der Waals surface area contributed by atoms with E-state index >= 15 is 0 Å². The van der Waals surface area contributed by atoms with Gasteiger partial charge in [-0.25, -0.2) is 9.59 Å². The summed E-state index contributed by atoms with van der Waals surface area (Å²) in [6.45, 7) is 13.1. The maximum atomic E-state index is 11.9. The quantitative estimate of drug-likeness (QED) is 0.790. The van der Waals surface area contributed by atoms with Crippen LogP contribution < -0.4 is 10.1 Å². The molecule has 0 fully saturated rings. The topological polar surface area (TPSA) is 73.9 Å². The number of alkyl carbamates (subject to hydrolysis) is 1. The van der Waals surface area contributed by atoms with Crippen LogP contribution in [0.4, 0.5) is 4.79 Å². The Morgan fingerprint density at radius 3 is 2.28 bits per heavy atom. The van der Waals surface area contributed by atoms with Crippen LogP contribution in [0.3, 0.4) is 0 Å². The van der Waals surface area contributed by atoms with Crippen molar-refractivity contribution in [2.24, 2.45) is 0 Å². The Balaban J connectivity index is 2.71. The van der Waals surface area contributed by atoms with E-state index in [9.17, 15) is 9.59 Å². The molecule has 0 atom stereocenters. The van der Waals surface area contributed by atoms with Gasteiger partial charge in [0.05, 0.1) is 6.61 Å². The standard InChI is InChI=1S/C19H29NO5/c1-8-23-16(21)19(6,7)24-15-10-9-14(11-13(15)2)12-20-17(22)25-18(3,4)5/h9-11H,8,12H2,1-7H3,(H,20,22). The Hall–Kier alpha value is -2.24. The number of hydrogen-bond donors (Lipinski definition) is 1. The molecule has 6 heteroatoms. The summed E-state index contributed by atoms with van der Waals surface area (Å²) >= 11 is 0. The van der Waals surface area contributed by atoms with Gasteiger partial charge >= 0.3 is 12.1 Å². The monoisotopic (exact) mass is 351 g/mol. The minimum Gasteiger partial charge on any atom is -0.476 e. The molecule has 0 aromatic heterocycles. The molecule has 6 nitrogen and oxygen atoms in total. The van der Waals surface area contributed by atoms with Crippen molar-refractivity contribution in [3.05, 3.63) is 29.3 Å². The summed E-state index contributed by atoms with van der Waals surface area (Å²) in [5, 5.41) is 2.71. The SMILES string of the molecule is CCOC(=O)C(C)(C)Oc1ccc(CNC(=O)OC(C)(C)C)cc1C. The molecular formula is C19H29NO5. The smallest absolute Gasteiger partial charge is 0.407 e. The summed E-state index contributed by atoms with van der Waals surface area (Å²) in [6, 6.07) is 5.51. The molecule has 0 saturated carbocycles. The highest BCUT2D eigenvalue weighted by molar-refractivity contribution is 5.79. The van der Waals surface area contributed by atoms with Crippen LogP contribution in [0.2, 0.25) is 0 Å². The van der Waals surface area contributed by atoms with Gasteiger partial charge in [0.1, 0.15) is 11.4 Å². The zero-order valence-corrected chi connectivity index (χ0v) is 16.2. The molecule has 1 rings (SSSR count). The summed E-state index contributed by atoms with van der Waals surface area (Å²) < 4.78 is 16.0. The van der Waals surface area contributed by atoms with E-state index in [0.29, 0.717) is 18.9 Å². The van der Waals surface area contributed by atoms with E-state index in [-0.39, 0.29) is 0 Å². The summed E-state index contributed by atoms with van der Waals surface area (Å²) in [7, 11) is 0. The van der Waals surface area contributed by atoms with E-state index < -0.39 is 23.3 Å². The first-order valence-electron chi connectivity index (χ1n) is 8.37. The van der Waals surface area contributed by atoms with Crippen LogP contribution in [0, 0.1) is 6.92 Å². The first kappa shape index (κ1) is 20.8. The first-order chi connectivity index (χ1) is 11.4. The lowest BCUT2D eigenvalue weighted by Gasteiger charge is -2.25. The number of benzene rings is 1. The van der Waals surface area contributed by atoms with Gasteiger partial charge in [-0.2, -0.15) is 0 Å². The summed E-state index contributed by atoms with van der Waals surface area (Å²) in [5.74, 6) is 0.184. The maximum Gasteiger partial charge on any atom is 0.407 e. The van der Waals surface area contributed by atoms with Gasteiger partial charge in [0.15, 0.2) is 5.60 Å². The molecule has 1 N–H and O–H groups in total. The van der Waals surface area contributed by atoms with Gasteiger partial charge in [-0.15, -0.1) is 0 Å². The van der Waals surface area contributed by atoms with E-state index in [0.717, 1.165) is 11.1 Å². The Bertz CT molecular complexity index is 617. The van der Waals surface area contributed by atoms with Gasteiger partial charge in [-0.05, 0) is 65.7 Å². The van der Waals surface area contributed by atoms with Crippen molar-refractivity contribution in [1.29, 1.82) is 0 Å². The normalized spacial score (nSPS) is 11.6. The van der Waals surface area contributed by atoms with Crippen LogP contribution in [-0.2, 0) is 20.8 Å². The van der Waals surface area contributed by atoms with Gasteiger partial charge in [0.25, 0.3) is 0 Å². The fraction of sp³-hybridized carbons (Fsp3) is 0.579. The van der Waals surface area contributed by atoms with Gasteiger partial charge < -0.3 is 19.5 Å². The third kappa shape index (κ3) is 7.03. The van der Waals surface area contributed by atoms with Crippen molar-refractivity contribution in [3.63, 3.8) is 0 Å². The number of aryl methyl sites for hydroxylation is 1. The molecule has 1 aromatic rings. The van der Waals surface area contributed by atoms with Crippen molar-refractivity contribution in [1.82, 2.24) is 5.32 Å². The van der Waals surface area contributed by atoms with E-state index in [1.54, 1.807) is 26.8 Å². The minimum atomic E-state index is -1.07. The van der Waals surface area contributed by atoms with Gasteiger partial charge in [0, 0.05) is 6.54 Å². The fourth-order valence-corrected chi connectivity index (χ4v) is 2.05. The van der Waals surface area contributed by atoms with Crippen LogP contribution in [0.25, 0.3) is 0 Å². The second-order valence-corrected chi connectivity index (χ2v) is 7.29. The van der Waals surface area contributed by atoms with Crippen molar-refractivity contribution >= 4 is 12.1 Å². The molecule has 0 bridgehead atoms. The Morgan fingerprint density at radius 2 is 1.76 bits per heavy atom. The van der Waals surface area contributed by atoms with E-state index in [2.05, 4.69) is 5.32 Å². The molecular weight excluding hydrogens is 322 g/mol. The van der Waals surface area contributed by atoms with Crippen molar-refractivity contribution in [3.8, 4) is 5.75 Å². The molecule has 0 radical (unpaired) electrons. The van der Waals surface area contributed by atoms with Gasteiger partial charge in [0.2, 0.25) is 0 Å². The average molecular weight is 351 g/mol.